The number of nitriles is 1. The monoisotopic (exact) mass is 252 g/mol. The van der Waals surface area contributed by atoms with E-state index in [1.807, 2.05) is 17.0 Å². The first kappa shape index (κ1) is 11.5. The van der Waals surface area contributed by atoms with Crippen LogP contribution in [0.25, 0.3) is 5.69 Å². The molecule has 0 aliphatic heterocycles. The molecule has 2 aromatic rings. The number of carbonyl (C=O) groups is 1. The maximum absolute atomic E-state index is 10.8. The number of hydrogen-bond acceptors (Lipinski definition) is 2. The predicted octanol–water partition coefficient (Wildman–Crippen LogP) is 2.92. The highest BCUT2D eigenvalue weighted by Crippen LogP contribution is 2.42. The van der Waals surface area contributed by atoms with Crippen molar-refractivity contribution in [3.05, 3.63) is 53.3 Å². The number of nitrogens with zero attached hydrogens (tertiary/aromatic N) is 2. The molecule has 1 aliphatic carbocycles. The van der Waals surface area contributed by atoms with E-state index in [2.05, 4.69) is 6.07 Å². The van der Waals surface area contributed by atoms with E-state index in [1.165, 1.54) is 0 Å². The van der Waals surface area contributed by atoms with Gasteiger partial charge in [-0.25, -0.2) is 4.79 Å². The average Bonchev–Trinajstić information content (AvgIpc) is 3.18. The van der Waals surface area contributed by atoms with E-state index in [0.717, 1.165) is 24.1 Å². The quantitative estimate of drug-likeness (QED) is 0.913. The van der Waals surface area contributed by atoms with Crippen LogP contribution in [0.2, 0.25) is 0 Å². The average molecular weight is 252 g/mol. The molecule has 1 saturated carbocycles. The zero-order valence-electron chi connectivity index (χ0n) is 10.2. The van der Waals surface area contributed by atoms with E-state index >= 15 is 0 Å². The van der Waals surface area contributed by atoms with E-state index in [4.69, 9.17) is 10.4 Å². The number of aromatic nitrogens is 1. The predicted molar refractivity (Wildman–Crippen MR) is 69.4 cm³/mol. The van der Waals surface area contributed by atoms with Gasteiger partial charge in [0.15, 0.2) is 0 Å². The third kappa shape index (κ3) is 2.11. The Labute approximate surface area is 110 Å². The second-order valence-corrected chi connectivity index (χ2v) is 4.77. The van der Waals surface area contributed by atoms with Crippen molar-refractivity contribution in [1.29, 1.82) is 5.26 Å². The van der Waals surface area contributed by atoms with Crippen molar-refractivity contribution < 1.29 is 9.90 Å². The molecule has 0 radical (unpaired) electrons. The standard InChI is InChI=1S/C15H12N2O2/c16-7-12-8-17(9-14(12)10-1-2-10)13-5-3-11(4-6-13)15(18)19/h3-6,8-10H,1-2H2,(H,18,19). The zero-order valence-corrected chi connectivity index (χ0v) is 10.2. The molecule has 1 aromatic carbocycles. The van der Waals surface area contributed by atoms with E-state index in [0.29, 0.717) is 11.5 Å². The maximum atomic E-state index is 10.8. The summed E-state index contributed by atoms with van der Waals surface area (Å²) in [5.41, 5.74) is 2.95. The zero-order chi connectivity index (χ0) is 13.4. The van der Waals surface area contributed by atoms with Crippen molar-refractivity contribution in [3.8, 4) is 11.8 Å². The lowest BCUT2D eigenvalue weighted by Gasteiger charge is -2.02. The minimum absolute atomic E-state index is 0.263. The summed E-state index contributed by atoms with van der Waals surface area (Å²) in [5.74, 6) is -0.412. The van der Waals surface area contributed by atoms with E-state index in [-0.39, 0.29) is 5.56 Å². The van der Waals surface area contributed by atoms with E-state index in [9.17, 15) is 4.79 Å². The van der Waals surface area contributed by atoms with Gasteiger partial charge < -0.3 is 9.67 Å². The summed E-state index contributed by atoms with van der Waals surface area (Å²) in [7, 11) is 0. The summed E-state index contributed by atoms with van der Waals surface area (Å²) in [6, 6.07) is 8.86. The maximum Gasteiger partial charge on any atom is 0.335 e. The SMILES string of the molecule is N#Cc1cn(-c2ccc(C(=O)O)cc2)cc1C1CC1. The van der Waals surface area contributed by atoms with Crippen molar-refractivity contribution >= 4 is 5.97 Å². The van der Waals surface area contributed by atoms with Gasteiger partial charge in [-0.15, -0.1) is 0 Å². The molecule has 0 saturated heterocycles. The molecule has 0 spiro atoms. The Morgan fingerprint density at radius 3 is 2.47 bits per heavy atom. The van der Waals surface area contributed by atoms with Gasteiger partial charge in [0.1, 0.15) is 6.07 Å². The van der Waals surface area contributed by atoms with Crippen molar-refractivity contribution in [3.63, 3.8) is 0 Å². The molecule has 0 bridgehead atoms. The van der Waals surface area contributed by atoms with Crippen molar-refractivity contribution in [2.75, 3.05) is 0 Å². The summed E-state index contributed by atoms with van der Waals surface area (Å²) in [6.45, 7) is 0. The number of aromatic carboxylic acids is 1. The van der Waals surface area contributed by atoms with Gasteiger partial charge in [-0.1, -0.05) is 0 Å². The first-order valence-corrected chi connectivity index (χ1v) is 6.15. The number of hydrogen-bond donors (Lipinski definition) is 1. The Hall–Kier alpha value is -2.54. The lowest BCUT2D eigenvalue weighted by Crippen LogP contribution is -1.97. The van der Waals surface area contributed by atoms with Crippen LogP contribution in [-0.2, 0) is 0 Å². The van der Waals surface area contributed by atoms with Gasteiger partial charge in [0, 0.05) is 18.1 Å². The Balaban J connectivity index is 1.97. The van der Waals surface area contributed by atoms with Crippen LogP contribution in [0.5, 0.6) is 0 Å². The summed E-state index contributed by atoms with van der Waals surface area (Å²) in [4.78, 5) is 10.8. The molecule has 1 aromatic heterocycles. The second-order valence-electron chi connectivity index (χ2n) is 4.77. The Kier molecular flexibility index (Phi) is 2.60. The topological polar surface area (TPSA) is 66.0 Å². The van der Waals surface area contributed by atoms with Crippen molar-refractivity contribution in [2.24, 2.45) is 0 Å². The first-order chi connectivity index (χ1) is 9.19. The largest absolute Gasteiger partial charge is 0.478 e. The molecule has 19 heavy (non-hydrogen) atoms. The second kappa shape index (κ2) is 4.29. The molecule has 1 N–H and O–H groups in total. The highest BCUT2D eigenvalue weighted by molar-refractivity contribution is 5.87. The van der Waals surface area contributed by atoms with Gasteiger partial charge >= 0.3 is 5.97 Å². The van der Waals surface area contributed by atoms with Gasteiger partial charge in [0.05, 0.1) is 11.1 Å². The highest BCUT2D eigenvalue weighted by atomic mass is 16.4. The molecule has 1 aliphatic rings. The fraction of sp³-hybridized carbons (Fsp3) is 0.200. The Morgan fingerprint density at radius 1 is 1.26 bits per heavy atom. The molecule has 0 amide bonds. The fourth-order valence-corrected chi connectivity index (χ4v) is 2.21. The molecule has 0 atom stereocenters. The van der Waals surface area contributed by atoms with Crippen LogP contribution in [0.1, 0.15) is 40.2 Å². The van der Waals surface area contributed by atoms with Crippen LogP contribution >= 0.6 is 0 Å². The Bertz CT molecular complexity index is 673. The van der Waals surface area contributed by atoms with E-state index < -0.39 is 5.97 Å². The lowest BCUT2D eigenvalue weighted by molar-refractivity contribution is 0.0697. The van der Waals surface area contributed by atoms with Gasteiger partial charge in [-0.2, -0.15) is 5.26 Å². The summed E-state index contributed by atoms with van der Waals surface area (Å²) >= 11 is 0. The molecule has 3 rings (SSSR count). The Morgan fingerprint density at radius 2 is 1.95 bits per heavy atom. The van der Waals surface area contributed by atoms with E-state index in [1.54, 1.807) is 24.3 Å². The molecule has 1 heterocycles. The number of carboxylic acid groups (broad SMARTS) is 1. The minimum atomic E-state index is -0.935. The third-order valence-electron chi connectivity index (χ3n) is 3.41. The number of benzene rings is 1. The van der Waals surface area contributed by atoms with Gasteiger partial charge in [0.2, 0.25) is 0 Å². The van der Waals surface area contributed by atoms with Crippen LogP contribution in [0.15, 0.2) is 36.7 Å². The smallest absolute Gasteiger partial charge is 0.335 e. The highest BCUT2D eigenvalue weighted by Gasteiger charge is 2.27. The molecule has 1 fully saturated rings. The number of carboxylic acids is 1. The molecular formula is C15H12N2O2. The van der Waals surface area contributed by atoms with Gasteiger partial charge in [0.25, 0.3) is 0 Å². The molecule has 0 unspecified atom stereocenters. The van der Waals surface area contributed by atoms with Crippen LogP contribution in [0.4, 0.5) is 0 Å². The first-order valence-electron chi connectivity index (χ1n) is 6.15. The summed E-state index contributed by atoms with van der Waals surface area (Å²) in [5, 5.41) is 18.0. The third-order valence-corrected chi connectivity index (χ3v) is 3.41. The van der Waals surface area contributed by atoms with Crippen molar-refractivity contribution in [1.82, 2.24) is 4.57 Å². The van der Waals surface area contributed by atoms with Crippen LogP contribution in [-0.4, -0.2) is 15.6 Å². The fourth-order valence-electron chi connectivity index (χ4n) is 2.21. The van der Waals surface area contributed by atoms with Crippen LogP contribution in [0, 0.1) is 11.3 Å². The normalized spacial score (nSPS) is 14.1. The minimum Gasteiger partial charge on any atom is -0.478 e. The van der Waals surface area contributed by atoms with Gasteiger partial charge in [-0.3, -0.25) is 0 Å². The summed E-state index contributed by atoms with van der Waals surface area (Å²) < 4.78 is 1.89. The number of rotatable bonds is 3. The lowest BCUT2D eigenvalue weighted by atomic mass is 10.1. The summed E-state index contributed by atoms with van der Waals surface area (Å²) in [6.07, 6.45) is 6.09. The molecule has 4 nitrogen and oxygen atoms in total. The molecule has 4 heteroatoms. The van der Waals surface area contributed by atoms with Crippen molar-refractivity contribution in [2.45, 2.75) is 18.8 Å². The molecule has 94 valence electrons. The van der Waals surface area contributed by atoms with Crippen LogP contribution in [0.3, 0.4) is 0 Å². The van der Waals surface area contributed by atoms with Crippen LogP contribution < -0.4 is 0 Å². The van der Waals surface area contributed by atoms with Gasteiger partial charge in [-0.05, 0) is 48.6 Å². The molecular weight excluding hydrogens is 240 g/mol.